The summed E-state index contributed by atoms with van der Waals surface area (Å²) < 4.78 is 0. The molecule has 99 valence electrons. The molecule has 0 spiro atoms. The van der Waals surface area contributed by atoms with E-state index in [1.165, 1.54) is 0 Å². The van der Waals surface area contributed by atoms with E-state index in [1.54, 1.807) is 12.1 Å². The van der Waals surface area contributed by atoms with Gasteiger partial charge in [-0.3, -0.25) is 4.79 Å². The van der Waals surface area contributed by atoms with E-state index in [0.29, 0.717) is 11.3 Å². The van der Waals surface area contributed by atoms with Gasteiger partial charge >= 0.3 is 0 Å². The molecule has 2 heteroatoms. The smallest absolute Gasteiger partial charge is 0.163 e. The first-order valence-electron chi connectivity index (χ1n) is 6.19. The number of aromatic hydroxyl groups is 1. The molecule has 0 aliphatic heterocycles. The SMILES string of the molecule is [CH2]C(=O)c1cc(C(C)(C)C)c(O)c(C(C)(C)C)c1. The maximum atomic E-state index is 11.5. The van der Waals surface area contributed by atoms with Crippen molar-refractivity contribution in [1.82, 2.24) is 0 Å². The Morgan fingerprint density at radius 1 is 1.00 bits per heavy atom. The molecule has 0 fully saturated rings. The van der Waals surface area contributed by atoms with Gasteiger partial charge in [0.25, 0.3) is 0 Å². The predicted octanol–water partition coefficient (Wildman–Crippen LogP) is 4.00. The molecule has 0 heterocycles. The van der Waals surface area contributed by atoms with E-state index >= 15 is 0 Å². The topological polar surface area (TPSA) is 37.3 Å². The van der Waals surface area contributed by atoms with Crippen molar-refractivity contribution in [2.45, 2.75) is 52.4 Å². The van der Waals surface area contributed by atoms with Crippen LogP contribution in [-0.2, 0) is 10.8 Å². The van der Waals surface area contributed by atoms with Crippen molar-refractivity contribution in [3.05, 3.63) is 35.7 Å². The quantitative estimate of drug-likeness (QED) is 0.761. The number of hydrogen-bond donors (Lipinski definition) is 1. The summed E-state index contributed by atoms with van der Waals surface area (Å²) in [6.07, 6.45) is 0. The predicted molar refractivity (Wildman–Crippen MR) is 75.2 cm³/mol. The fourth-order valence-electron chi connectivity index (χ4n) is 1.94. The maximum Gasteiger partial charge on any atom is 0.163 e. The summed E-state index contributed by atoms with van der Waals surface area (Å²) >= 11 is 0. The average molecular weight is 247 g/mol. The van der Waals surface area contributed by atoms with E-state index in [1.807, 2.05) is 41.5 Å². The van der Waals surface area contributed by atoms with Gasteiger partial charge in [0.15, 0.2) is 5.78 Å². The van der Waals surface area contributed by atoms with Crippen LogP contribution in [0.2, 0.25) is 0 Å². The highest BCUT2D eigenvalue weighted by atomic mass is 16.3. The van der Waals surface area contributed by atoms with Crippen molar-refractivity contribution in [3.8, 4) is 5.75 Å². The zero-order chi connectivity index (χ0) is 14.3. The molecule has 1 radical (unpaired) electrons. The van der Waals surface area contributed by atoms with Gasteiger partial charge in [0.1, 0.15) is 5.75 Å². The van der Waals surface area contributed by atoms with E-state index in [-0.39, 0.29) is 16.6 Å². The van der Waals surface area contributed by atoms with Crippen LogP contribution in [-0.4, -0.2) is 10.9 Å². The van der Waals surface area contributed by atoms with Gasteiger partial charge in [0.2, 0.25) is 0 Å². The van der Waals surface area contributed by atoms with Crippen LogP contribution in [0.15, 0.2) is 12.1 Å². The third kappa shape index (κ3) is 2.92. The van der Waals surface area contributed by atoms with Gasteiger partial charge in [0, 0.05) is 23.6 Å². The summed E-state index contributed by atoms with van der Waals surface area (Å²) in [7, 11) is 0. The van der Waals surface area contributed by atoms with Crippen LogP contribution in [0.1, 0.15) is 63.0 Å². The molecule has 1 aromatic carbocycles. The third-order valence-corrected chi connectivity index (χ3v) is 3.05. The fraction of sp³-hybridized carbons (Fsp3) is 0.500. The lowest BCUT2D eigenvalue weighted by molar-refractivity contribution is 0.104. The second kappa shape index (κ2) is 4.42. The maximum absolute atomic E-state index is 11.5. The molecular weight excluding hydrogens is 224 g/mol. The van der Waals surface area contributed by atoms with E-state index in [9.17, 15) is 9.90 Å². The van der Waals surface area contributed by atoms with Crippen molar-refractivity contribution in [1.29, 1.82) is 0 Å². The van der Waals surface area contributed by atoms with Gasteiger partial charge in [0.05, 0.1) is 0 Å². The molecule has 0 saturated heterocycles. The van der Waals surface area contributed by atoms with Gasteiger partial charge in [-0.05, 0) is 23.0 Å². The van der Waals surface area contributed by atoms with Crippen LogP contribution in [0.4, 0.5) is 0 Å². The van der Waals surface area contributed by atoms with Gasteiger partial charge in [-0.1, -0.05) is 41.5 Å². The number of hydrogen-bond acceptors (Lipinski definition) is 2. The second-order valence-corrected chi connectivity index (χ2v) is 6.84. The van der Waals surface area contributed by atoms with E-state index < -0.39 is 0 Å². The van der Waals surface area contributed by atoms with Gasteiger partial charge in [-0.15, -0.1) is 0 Å². The van der Waals surface area contributed by atoms with Crippen molar-refractivity contribution in [2.24, 2.45) is 0 Å². The number of phenols is 1. The fourth-order valence-corrected chi connectivity index (χ4v) is 1.94. The molecule has 0 unspecified atom stereocenters. The number of ketones is 1. The first kappa shape index (κ1) is 14.7. The number of phenolic OH excluding ortho intramolecular Hbond substituents is 1. The molecule has 18 heavy (non-hydrogen) atoms. The standard InChI is InChI=1S/C16H23O2/c1-10(17)11-8-12(15(2,3)4)14(18)13(9-11)16(5,6)7/h8-9,18H,1H2,2-7H3. The number of carbonyl (C=O) groups is 1. The number of carbonyl (C=O) groups excluding carboxylic acids is 1. The van der Waals surface area contributed by atoms with Crippen LogP contribution in [0.25, 0.3) is 0 Å². The highest BCUT2D eigenvalue weighted by molar-refractivity contribution is 6.00. The van der Waals surface area contributed by atoms with Crippen LogP contribution in [0, 0.1) is 6.92 Å². The van der Waals surface area contributed by atoms with Crippen molar-refractivity contribution in [2.75, 3.05) is 0 Å². The number of Topliss-reactive ketones (excluding diaryl/α,β-unsaturated/α-hetero) is 1. The lowest BCUT2D eigenvalue weighted by atomic mass is 9.78. The minimum atomic E-state index is -0.217. The summed E-state index contributed by atoms with van der Waals surface area (Å²) in [4.78, 5) is 11.5. The van der Waals surface area contributed by atoms with Crippen LogP contribution in [0.3, 0.4) is 0 Å². The van der Waals surface area contributed by atoms with E-state index in [2.05, 4.69) is 6.92 Å². The largest absolute Gasteiger partial charge is 0.507 e. The molecule has 0 aliphatic carbocycles. The Balaban J connectivity index is 3.64. The molecule has 0 bridgehead atoms. The van der Waals surface area contributed by atoms with Gasteiger partial charge in [-0.2, -0.15) is 0 Å². The minimum Gasteiger partial charge on any atom is -0.507 e. The second-order valence-electron chi connectivity index (χ2n) is 6.84. The third-order valence-electron chi connectivity index (χ3n) is 3.05. The summed E-state index contributed by atoms with van der Waals surface area (Å²) in [5, 5.41) is 10.4. The molecule has 1 rings (SSSR count). The van der Waals surface area contributed by atoms with Gasteiger partial charge in [-0.25, -0.2) is 0 Å². The Hall–Kier alpha value is -1.31. The van der Waals surface area contributed by atoms with Crippen molar-refractivity contribution < 1.29 is 9.90 Å². The highest BCUT2D eigenvalue weighted by Crippen LogP contribution is 2.39. The Kier molecular flexibility index (Phi) is 3.62. The molecule has 0 amide bonds. The number of benzene rings is 1. The van der Waals surface area contributed by atoms with Crippen LogP contribution < -0.4 is 0 Å². The first-order valence-corrected chi connectivity index (χ1v) is 6.19. The molecule has 2 nitrogen and oxygen atoms in total. The Morgan fingerprint density at radius 3 is 1.56 bits per heavy atom. The zero-order valence-electron chi connectivity index (χ0n) is 12.2. The number of rotatable bonds is 1. The Morgan fingerprint density at radius 2 is 1.33 bits per heavy atom. The summed E-state index contributed by atoms with van der Waals surface area (Å²) in [5.74, 6) is 0.0750. The van der Waals surface area contributed by atoms with E-state index in [0.717, 1.165) is 11.1 Å². The molecule has 0 aromatic heterocycles. The monoisotopic (exact) mass is 247 g/mol. The highest BCUT2D eigenvalue weighted by Gasteiger charge is 2.27. The average Bonchev–Trinajstić information content (AvgIpc) is 2.13. The van der Waals surface area contributed by atoms with Crippen LogP contribution >= 0.6 is 0 Å². The minimum absolute atomic E-state index is 0.213. The zero-order valence-corrected chi connectivity index (χ0v) is 12.2. The Bertz CT molecular complexity index is 436. The Labute approximate surface area is 110 Å². The molecule has 0 aliphatic rings. The molecule has 1 N–H and O–H groups in total. The molecule has 0 atom stereocenters. The van der Waals surface area contributed by atoms with Crippen molar-refractivity contribution >= 4 is 5.78 Å². The summed E-state index contributed by atoms with van der Waals surface area (Å²) in [6.45, 7) is 15.6. The van der Waals surface area contributed by atoms with Crippen LogP contribution in [0.5, 0.6) is 5.75 Å². The first-order chi connectivity index (χ1) is 7.94. The normalized spacial score (nSPS) is 12.6. The van der Waals surface area contributed by atoms with Gasteiger partial charge < -0.3 is 5.11 Å². The summed E-state index contributed by atoms with van der Waals surface area (Å²) in [5.41, 5.74) is 1.72. The lowest BCUT2D eigenvalue weighted by Gasteiger charge is -2.27. The molecule has 0 saturated carbocycles. The molecule has 1 aromatic rings. The van der Waals surface area contributed by atoms with E-state index in [4.69, 9.17) is 0 Å². The van der Waals surface area contributed by atoms with Crippen molar-refractivity contribution in [3.63, 3.8) is 0 Å². The molecular formula is C16H23O2. The summed E-state index contributed by atoms with van der Waals surface area (Å²) in [6, 6.07) is 3.50. The lowest BCUT2D eigenvalue weighted by Crippen LogP contribution is -2.18.